The molecular formula is C32H33FN4O3S. The van der Waals surface area contributed by atoms with Gasteiger partial charge >= 0.3 is 0 Å². The van der Waals surface area contributed by atoms with Crippen molar-refractivity contribution >= 4 is 21.6 Å². The molecule has 1 amide bonds. The van der Waals surface area contributed by atoms with Gasteiger partial charge in [0.05, 0.1) is 11.4 Å². The Bertz CT molecular complexity index is 1700. The van der Waals surface area contributed by atoms with E-state index in [9.17, 15) is 17.6 Å². The highest BCUT2D eigenvalue weighted by molar-refractivity contribution is 7.89. The molecule has 4 aromatic rings. The molecule has 0 spiro atoms. The smallest absolute Gasteiger partial charge is 0.241 e. The number of amides is 1. The monoisotopic (exact) mass is 572 g/mol. The fourth-order valence-corrected chi connectivity index (χ4v) is 7.17. The molecular weight excluding hydrogens is 539 g/mol. The zero-order valence-corrected chi connectivity index (χ0v) is 23.9. The minimum absolute atomic E-state index is 0.0342. The van der Waals surface area contributed by atoms with Gasteiger partial charge in [0.15, 0.2) is 0 Å². The number of hydrogen-bond acceptors (Lipinski definition) is 4. The Labute approximate surface area is 240 Å². The summed E-state index contributed by atoms with van der Waals surface area (Å²) in [6.45, 7) is 1.86. The van der Waals surface area contributed by atoms with E-state index in [4.69, 9.17) is 0 Å². The van der Waals surface area contributed by atoms with E-state index in [2.05, 4.69) is 21.8 Å². The first-order chi connectivity index (χ1) is 19.7. The molecule has 2 aliphatic rings. The number of rotatable bonds is 8. The third-order valence-corrected chi connectivity index (χ3v) is 9.78. The van der Waals surface area contributed by atoms with Crippen molar-refractivity contribution in [3.63, 3.8) is 0 Å². The summed E-state index contributed by atoms with van der Waals surface area (Å²) in [6.07, 6.45) is 6.66. The number of carbonyl (C=O) groups excluding carboxylic acids is 1. The Hall–Kier alpha value is -3.82. The molecule has 212 valence electrons. The van der Waals surface area contributed by atoms with Gasteiger partial charge in [-0.2, -0.15) is 0 Å². The molecule has 0 bridgehead atoms. The molecule has 2 aliphatic carbocycles. The topological polar surface area (TPSA) is 84.3 Å². The maximum absolute atomic E-state index is 14.0. The molecule has 1 saturated carbocycles. The van der Waals surface area contributed by atoms with Crippen LogP contribution in [0.4, 0.5) is 10.1 Å². The second kappa shape index (κ2) is 10.9. The number of halogens is 1. The first-order valence-electron chi connectivity index (χ1n) is 13.9. The maximum Gasteiger partial charge on any atom is 0.241 e. The van der Waals surface area contributed by atoms with Gasteiger partial charge < -0.3 is 9.47 Å². The van der Waals surface area contributed by atoms with Gasteiger partial charge in [-0.05, 0) is 91.1 Å². The van der Waals surface area contributed by atoms with Crippen molar-refractivity contribution in [2.75, 3.05) is 4.90 Å². The maximum atomic E-state index is 14.0. The SMILES string of the molecule is Cc1cc(S(=O)(=O)N[C@H]2CCCc3ccc(N(Cc4nccn4C)C(=O)[C@H]4C[C@@H]4c4ccccc4)cc32)ccc1F. The van der Waals surface area contributed by atoms with Crippen LogP contribution in [0.15, 0.2) is 84.0 Å². The van der Waals surface area contributed by atoms with E-state index < -0.39 is 21.9 Å². The van der Waals surface area contributed by atoms with Gasteiger partial charge in [0, 0.05) is 37.1 Å². The molecule has 3 atom stereocenters. The predicted octanol–water partition coefficient (Wildman–Crippen LogP) is 5.56. The minimum atomic E-state index is -3.89. The lowest BCUT2D eigenvalue weighted by Crippen LogP contribution is -2.34. The molecule has 9 heteroatoms. The lowest BCUT2D eigenvalue weighted by molar-refractivity contribution is -0.120. The summed E-state index contributed by atoms with van der Waals surface area (Å²) in [4.78, 5) is 20.3. The van der Waals surface area contributed by atoms with Crippen LogP contribution in [0.1, 0.15) is 59.3 Å². The van der Waals surface area contributed by atoms with Gasteiger partial charge in [0.1, 0.15) is 11.6 Å². The Morgan fingerprint density at radius 1 is 1.12 bits per heavy atom. The number of carbonyl (C=O) groups is 1. The van der Waals surface area contributed by atoms with Crippen molar-refractivity contribution in [3.05, 3.63) is 113 Å². The van der Waals surface area contributed by atoms with E-state index in [0.717, 1.165) is 41.9 Å². The molecule has 0 saturated heterocycles. The number of aromatic nitrogens is 2. The Morgan fingerprint density at radius 2 is 1.93 bits per heavy atom. The number of benzene rings is 3. The second-order valence-electron chi connectivity index (χ2n) is 11.1. The van der Waals surface area contributed by atoms with E-state index in [0.29, 0.717) is 13.0 Å². The number of aryl methyl sites for hydroxylation is 3. The van der Waals surface area contributed by atoms with E-state index in [1.54, 1.807) is 18.0 Å². The molecule has 3 aromatic carbocycles. The fraction of sp³-hybridized carbons (Fsp3) is 0.312. The van der Waals surface area contributed by atoms with Gasteiger partial charge in [-0.15, -0.1) is 0 Å². The highest BCUT2D eigenvalue weighted by Crippen LogP contribution is 2.49. The van der Waals surface area contributed by atoms with E-state index in [1.165, 1.54) is 23.8 Å². The first-order valence-corrected chi connectivity index (χ1v) is 15.4. The molecule has 1 fully saturated rings. The van der Waals surface area contributed by atoms with Crippen LogP contribution in [0, 0.1) is 18.7 Å². The van der Waals surface area contributed by atoms with Crippen LogP contribution in [0.5, 0.6) is 0 Å². The third kappa shape index (κ3) is 5.56. The second-order valence-corrected chi connectivity index (χ2v) is 12.8. The Kier molecular flexibility index (Phi) is 7.25. The predicted molar refractivity (Wildman–Crippen MR) is 155 cm³/mol. The molecule has 41 heavy (non-hydrogen) atoms. The minimum Gasteiger partial charge on any atom is -0.337 e. The van der Waals surface area contributed by atoms with Crippen LogP contribution in [0.3, 0.4) is 0 Å². The fourth-order valence-electron chi connectivity index (χ4n) is 5.84. The number of hydrogen-bond donors (Lipinski definition) is 1. The molecule has 0 unspecified atom stereocenters. The summed E-state index contributed by atoms with van der Waals surface area (Å²) in [6, 6.07) is 19.4. The zero-order valence-electron chi connectivity index (χ0n) is 23.1. The van der Waals surface area contributed by atoms with Crippen LogP contribution < -0.4 is 9.62 Å². The van der Waals surface area contributed by atoms with Crippen molar-refractivity contribution in [2.24, 2.45) is 13.0 Å². The molecule has 1 heterocycles. The van der Waals surface area contributed by atoms with Gasteiger partial charge in [0.25, 0.3) is 0 Å². The van der Waals surface area contributed by atoms with Gasteiger partial charge in [-0.25, -0.2) is 22.5 Å². The summed E-state index contributed by atoms with van der Waals surface area (Å²) < 4.78 is 45.2. The number of nitrogens with zero attached hydrogens (tertiary/aromatic N) is 3. The standard InChI is InChI=1S/C32H33FN4O3S/c1-21-17-25(13-14-29(21)33)41(39,40)35-30-10-6-9-23-11-12-24(18-27(23)30)37(20-31-34-15-16-36(31)2)32(38)28-19-26(28)22-7-4-3-5-8-22/h3-5,7-8,11-18,26,28,30,35H,6,9-10,19-20H2,1-2H3/t26-,28+,30+/m1/s1. The Morgan fingerprint density at radius 3 is 2.66 bits per heavy atom. The van der Waals surface area contributed by atoms with Crippen molar-refractivity contribution in [1.29, 1.82) is 0 Å². The normalized spacial score (nSPS) is 19.9. The third-order valence-electron chi connectivity index (χ3n) is 8.31. The van der Waals surface area contributed by atoms with Gasteiger partial charge in [-0.3, -0.25) is 4.79 Å². The summed E-state index contributed by atoms with van der Waals surface area (Å²) in [5.74, 6) is 0.418. The molecule has 7 nitrogen and oxygen atoms in total. The summed E-state index contributed by atoms with van der Waals surface area (Å²) in [5, 5.41) is 0. The van der Waals surface area contributed by atoms with E-state index in [1.807, 2.05) is 54.2 Å². The van der Waals surface area contributed by atoms with Crippen LogP contribution in [0.2, 0.25) is 0 Å². The van der Waals surface area contributed by atoms with Gasteiger partial charge in [-0.1, -0.05) is 36.4 Å². The zero-order chi connectivity index (χ0) is 28.7. The number of nitrogens with one attached hydrogen (secondary N) is 1. The number of sulfonamides is 1. The van der Waals surface area contributed by atoms with Crippen molar-refractivity contribution in [3.8, 4) is 0 Å². The molecule has 1 aromatic heterocycles. The average Bonchev–Trinajstić information content (AvgIpc) is 3.67. The summed E-state index contributed by atoms with van der Waals surface area (Å²) in [5.41, 5.74) is 4.08. The lowest BCUT2D eigenvalue weighted by atomic mass is 9.87. The van der Waals surface area contributed by atoms with Crippen molar-refractivity contribution in [1.82, 2.24) is 14.3 Å². The number of fused-ring (bicyclic) bond motifs is 1. The average molecular weight is 573 g/mol. The van der Waals surface area contributed by atoms with Crippen LogP contribution in [-0.4, -0.2) is 23.9 Å². The van der Waals surface area contributed by atoms with Crippen LogP contribution in [0.25, 0.3) is 0 Å². The van der Waals surface area contributed by atoms with Crippen molar-refractivity contribution < 1.29 is 17.6 Å². The largest absolute Gasteiger partial charge is 0.337 e. The van der Waals surface area contributed by atoms with E-state index >= 15 is 0 Å². The van der Waals surface area contributed by atoms with Crippen LogP contribution in [-0.2, 0) is 34.8 Å². The summed E-state index contributed by atoms with van der Waals surface area (Å²) >= 11 is 0. The molecule has 0 radical (unpaired) electrons. The van der Waals surface area contributed by atoms with Crippen LogP contribution >= 0.6 is 0 Å². The molecule has 1 N–H and O–H groups in total. The number of anilines is 1. The summed E-state index contributed by atoms with van der Waals surface area (Å²) in [7, 11) is -1.98. The first kappa shape index (κ1) is 27.4. The molecule has 6 rings (SSSR count). The number of imidazole rings is 1. The van der Waals surface area contributed by atoms with Crippen molar-refractivity contribution in [2.45, 2.75) is 56.0 Å². The highest BCUT2D eigenvalue weighted by atomic mass is 32.2. The van der Waals surface area contributed by atoms with Gasteiger partial charge in [0.2, 0.25) is 15.9 Å². The molecule has 0 aliphatic heterocycles. The Balaban J connectivity index is 1.32. The highest BCUT2D eigenvalue weighted by Gasteiger charge is 2.46. The quantitative estimate of drug-likeness (QED) is 0.300. The lowest BCUT2D eigenvalue weighted by Gasteiger charge is -2.29. The van der Waals surface area contributed by atoms with E-state index in [-0.39, 0.29) is 28.2 Å².